The van der Waals surface area contributed by atoms with Crippen molar-refractivity contribution in [3.05, 3.63) is 72.2 Å². The second kappa shape index (κ2) is 7.40. The van der Waals surface area contributed by atoms with E-state index in [1.807, 2.05) is 62.4 Å². The van der Waals surface area contributed by atoms with Gasteiger partial charge in [-0.15, -0.1) is 0 Å². The van der Waals surface area contributed by atoms with Gasteiger partial charge in [0, 0.05) is 36.3 Å². The van der Waals surface area contributed by atoms with Crippen molar-refractivity contribution < 1.29 is 5.11 Å². The minimum atomic E-state index is -0.886. The molecule has 3 aromatic rings. The Balaban J connectivity index is 1.69. The lowest BCUT2D eigenvalue weighted by atomic mass is 9.93. The van der Waals surface area contributed by atoms with Crippen LogP contribution in [-0.2, 0) is 5.60 Å². The third kappa shape index (κ3) is 4.39. The summed E-state index contributed by atoms with van der Waals surface area (Å²) < 4.78 is 0. The molecule has 2 N–H and O–H groups in total. The number of hydrogen-bond acceptors (Lipinski definition) is 5. The van der Waals surface area contributed by atoms with Crippen molar-refractivity contribution in [2.24, 2.45) is 0 Å². The number of aliphatic hydroxyl groups is 1. The van der Waals surface area contributed by atoms with Crippen molar-refractivity contribution in [1.82, 2.24) is 15.0 Å². The fourth-order valence-electron chi connectivity index (χ4n) is 2.66. The van der Waals surface area contributed by atoms with Crippen LogP contribution in [0.15, 0.2) is 60.9 Å². The number of rotatable bonds is 6. The van der Waals surface area contributed by atoms with Crippen molar-refractivity contribution in [1.29, 1.82) is 0 Å². The molecule has 0 aliphatic carbocycles. The van der Waals surface area contributed by atoms with Gasteiger partial charge in [0.2, 0.25) is 0 Å². The number of nitrogens with one attached hydrogen (secondary N) is 1. The quantitative estimate of drug-likeness (QED) is 0.721. The molecule has 5 heteroatoms. The van der Waals surface area contributed by atoms with Gasteiger partial charge in [0.1, 0.15) is 5.82 Å². The average molecular weight is 334 g/mol. The summed E-state index contributed by atoms with van der Waals surface area (Å²) in [6.45, 7) is 4.37. The second-order valence-corrected chi connectivity index (χ2v) is 6.28. The highest BCUT2D eigenvalue weighted by Gasteiger charge is 2.22. The predicted octanol–water partition coefficient (Wildman–Crippen LogP) is 3.56. The van der Waals surface area contributed by atoms with Crippen LogP contribution >= 0.6 is 0 Å². The van der Waals surface area contributed by atoms with Gasteiger partial charge in [-0.05, 0) is 38.0 Å². The first-order valence-corrected chi connectivity index (χ1v) is 8.32. The summed E-state index contributed by atoms with van der Waals surface area (Å²) in [5, 5.41) is 14.0. The first kappa shape index (κ1) is 17.0. The second-order valence-electron chi connectivity index (χ2n) is 6.28. The lowest BCUT2D eigenvalue weighted by Crippen LogP contribution is -2.24. The summed E-state index contributed by atoms with van der Waals surface area (Å²) in [7, 11) is 0. The van der Waals surface area contributed by atoms with Gasteiger partial charge >= 0.3 is 0 Å². The molecule has 1 unspecified atom stereocenters. The Morgan fingerprint density at radius 1 is 1.08 bits per heavy atom. The van der Waals surface area contributed by atoms with E-state index in [9.17, 15) is 5.11 Å². The molecule has 0 radical (unpaired) electrons. The van der Waals surface area contributed by atoms with Crippen LogP contribution in [0.25, 0.3) is 11.4 Å². The fourth-order valence-corrected chi connectivity index (χ4v) is 2.66. The van der Waals surface area contributed by atoms with Crippen LogP contribution in [-0.4, -0.2) is 26.6 Å². The maximum absolute atomic E-state index is 10.7. The summed E-state index contributed by atoms with van der Waals surface area (Å²) in [5.74, 6) is 1.39. The number of benzene rings is 1. The highest BCUT2D eigenvalue weighted by molar-refractivity contribution is 5.56. The largest absolute Gasteiger partial charge is 0.385 e. The Morgan fingerprint density at radius 3 is 2.60 bits per heavy atom. The van der Waals surface area contributed by atoms with Gasteiger partial charge in [-0.25, -0.2) is 9.97 Å². The molecule has 0 spiro atoms. The molecule has 128 valence electrons. The molecule has 5 nitrogen and oxygen atoms in total. The molecular formula is C20H22N4O. The summed E-state index contributed by atoms with van der Waals surface area (Å²) in [4.78, 5) is 13.1. The summed E-state index contributed by atoms with van der Waals surface area (Å²) in [5.41, 5.74) is 1.78. The van der Waals surface area contributed by atoms with E-state index in [1.165, 1.54) is 0 Å². The Bertz CT molecular complexity index is 820. The highest BCUT2D eigenvalue weighted by atomic mass is 16.3. The molecule has 3 rings (SSSR count). The van der Waals surface area contributed by atoms with Gasteiger partial charge in [-0.2, -0.15) is 0 Å². The number of aryl methyl sites for hydroxylation is 1. The molecular weight excluding hydrogens is 312 g/mol. The molecule has 0 aliphatic heterocycles. The zero-order valence-corrected chi connectivity index (χ0v) is 14.5. The summed E-state index contributed by atoms with van der Waals surface area (Å²) >= 11 is 0. The first-order valence-electron chi connectivity index (χ1n) is 8.32. The average Bonchev–Trinajstić information content (AvgIpc) is 2.63. The maximum atomic E-state index is 10.7. The molecule has 0 amide bonds. The van der Waals surface area contributed by atoms with Crippen LogP contribution in [0.2, 0.25) is 0 Å². The number of hydrogen-bond donors (Lipinski definition) is 2. The molecule has 0 aliphatic rings. The molecule has 0 bridgehead atoms. The molecule has 25 heavy (non-hydrogen) atoms. The number of aromatic nitrogens is 3. The van der Waals surface area contributed by atoms with Crippen LogP contribution in [0.5, 0.6) is 0 Å². The monoisotopic (exact) mass is 334 g/mol. The molecule has 0 saturated carbocycles. The minimum absolute atomic E-state index is 0.572. The molecule has 0 fully saturated rings. The zero-order chi connectivity index (χ0) is 17.7. The number of anilines is 1. The van der Waals surface area contributed by atoms with Gasteiger partial charge in [0.15, 0.2) is 5.82 Å². The van der Waals surface area contributed by atoms with Gasteiger partial charge in [-0.3, -0.25) is 4.98 Å². The molecule has 1 atom stereocenters. The van der Waals surface area contributed by atoms with E-state index < -0.39 is 5.60 Å². The number of pyridine rings is 1. The van der Waals surface area contributed by atoms with E-state index >= 15 is 0 Å². The fraction of sp³-hybridized carbons (Fsp3) is 0.250. The van der Waals surface area contributed by atoms with E-state index in [-0.39, 0.29) is 0 Å². The molecule has 1 aromatic carbocycles. The summed E-state index contributed by atoms with van der Waals surface area (Å²) in [6.07, 6.45) is 4.05. The molecule has 2 heterocycles. The maximum Gasteiger partial charge on any atom is 0.163 e. The lowest BCUT2D eigenvalue weighted by molar-refractivity contribution is 0.0515. The van der Waals surface area contributed by atoms with E-state index in [4.69, 9.17) is 0 Å². The molecule has 2 aromatic heterocycles. The minimum Gasteiger partial charge on any atom is -0.385 e. The van der Waals surface area contributed by atoms with Crippen molar-refractivity contribution in [3.63, 3.8) is 0 Å². The van der Waals surface area contributed by atoms with Crippen LogP contribution in [0, 0.1) is 6.92 Å². The van der Waals surface area contributed by atoms with Gasteiger partial charge in [0.25, 0.3) is 0 Å². The summed E-state index contributed by atoms with van der Waals surface area (Å²) in [6, 6.07) is 15.4. The third-order valence-corrected chi connectivity index (χ3v) is 4.09. The van der Waals surface area contributed by atoms with Crippen molar-refractivity contribution in [2.45, 2.75) is 25.9 Å². The standard InChI is InChI=1S/C20H22N4O/c1-15-13-18(24-19(23-15)16-7-6-11-21-14-16)22-12-10-20(2,25)17-8-4-3-5-9-17/h3-9,11,13-14,25H,10,12H2,1-2H3,(H,22,23,24). The normalized spacial score (nSPS) is 13.2. The number of nitrogens with zero attached hydrogens (tertiary/aromatic N) is 3. The SMILES string of the molecule is Cc1cc(NCCC(C)(O)c2ccccc2)nc(-c2cccnc2)n1. The highest BCUT2D eigenvalue weighted by Crippen LogP contribution is 2.24. The Hall–Kier alpha value is -2.79. The van der Waals surface area contributed by atoms with Gasteiger partial charge in [-0.1, -0.05) is 30.3 Å². The van der Waals surface area contributed by atoms with Crippen molar-refractivity contribution in [3.8, 4) is 11.4 Å². The third-order valence-electron chi connectivity index (χ3n) is 4.09. The Morgan fingerprint density at radius 2 is 1.88 bits per heavy atom. The van der Waals surface area contributed by atoms with Crippen molar-refractivity contribution in [2.75, 3.05) is 11.9 Å². The smallest absolute Gasteiger partial charge is 0.163 e. The Labute approximate surface area is 147 Å². The van der Waals surface area contributed by atoms with E-state index in [2.05, 4.69) is 20.3 Å². The van der Waals surface area contributed by atoms with E-state index in [0.29, 0.717) is 18.8 Å². The topological polar surface area (TPSA) is 70.9 Å². The van der Waals surface area contributed by atoms with Crippen LogP contribution in [0.4, 0.5) is 5.82 Å². The first-order chi connectivity index (χ1) is 12.0. The van der Waals surface area contributed by atoms with Gasteiger partial charge in [0.05, 0.1) is 5.60 Å². The lowest BCUT2D eigenvalue weighted by Gasteiger charge is -2.24. The predicted molar refractivity (Wildman–Crippen MR) is 99.1 cm³/mol. The van der Waals surface area contributed by atoms with Gasteiger partial charge < -0.3 is 10.4 Å². The van der Waals surface area contributed by atoms with E-state index in [1.54, 1.807) is 12.4 Å². The van der Waals surface area contributed by atoms with Crippen LogP contribution < -0.4 is 5.32 Å². The zero-order valence-electron chi connectivity index (χ0n) is 14.5. The van der Waals surface area contributed by atoms with Crippen LogP contribution in [0.1, 0.15) is 24.6 Å². The van der Waals surface area contributed by atoms with Crippen LogP contribution in [0.3, 0.4) is 0 Å². The molecule has 0 saturated heterocycles. The Kier molecular flexibility index (Phi) is 5.05. The van der Waals surface area contributed by atoms with E-state index in [0.717, 1.165) is 22.6 Å². The van der Waals surface area contributed by atoms with Crippen molar-refractivity contribution >= 4 is 5.82 Å².